The van der Waals surface area contributed by atoms with Gasteiger partial charge in [0.05, 0.1) is 12.1 Å². The van der Waals surface area contributed by atoms with Gasteiger partial charge >= 0.3 is 12.1 Å². The smallest absolute Gasteiger partial charge is 0.411 e. The number of amides is 1. The number of hydrogen-bond acceptors (Lipinski definition) is 4. The van der Waals surface area contributed by atoms with Gasteiger partial charge in [-0.05, 0) is 12.0 Å². The average Bonchev–Trinajstić information content (AvgIpc) is 3.06. The summed E-state index contributed by atoms with van der Waals surface area (Å²) in [6.45, 7) is 0.699. The lowest BCUT2D eigenvalue weighted by Gasteiger charge is -2.25. The Kier molecular flexibility index (Phi) is 3.79. The second kappa shape index (κ2) is 5.73. The number of rotatable bonds is 3. The number of carbonyl (C=O) groups is 2. The molecule has 3 atom stereocenters. The number of hydrogen-bond donors (Lipinski definition) is 1. The molecule has 6 nitrogen and oxygen atoms in total. The molecule has 0 aromatic heterocycles. The van der Waals surface area contributed by atoms with Gasteiger partial charge in [0.2, 0.25) is 0 Å². The molecule has 3 rings (SSSR count). The zero-order chi connectivity index (χ0) is 14.8. The Morgan fingerprint density at radius 2 is 2.10 bits per heavy atom. The summed E-state index contributed by atoms with van der Waals surface area (Å²) in [7, 11) is 0. The zero-order valence-corrected chi connectivity index (χ0v) is 11.5. The number of fused-ring (bicyclic) bond motifs is 1. The molecule has 6 heteroatoms. The van der Waals surface area contributed by atoms with E-state index < -0.39 is 18.1 Å². The lowest BCUT2D eigenvalue weighted by Crippen LogP contribution is -2.45. The van der Waals surface area contributed by atoms with Crippen LogP contribution in [0.3, 0.4) is 0 Å². The van der Waals surface area contributed by atoms with Crippen LogP contribution in [0.25, 0.3) is 0 Å². The molecule has 0 spiro atoms. The largest absolute Gasteiger partial charge is 0.480 e. The van der Waals surface area contributed by atoms with Crippen LogP contribution in [-0.4, -0.2) is 46.9 Å². The van der Waals surface area contributed by atoms with Crippen LogP contribution in [0.4, 0.5) is 4.79 Å². The molecule has 0 bridgehead atoms. The third-order valence-corrected chi connectivity index (χ3v) is 4.02. The van der Waals surface area contributed by atoms with E-state index in [1.807, 2.05) is 30.3 Å². The van der Waals surface area contributed by atoms with Crippen LogP contribution in [-0.2, 0) is 20.9 Å². The van der Waals surface area contributed by atoms with Gasteiger partial charge in [-0.3, -0.25) is 4.90 Å². The van der Waals surface area contributed by atoms with Crippen molar-refractivity contribution in [3.05, 3.63) is 35.9 Å². The van der Waals surface area contributed by atoms with Crippen molar-refractivity contribution in [1.82, 2.24) is 4.90 Å². The van der Waals surface area contributed by atoms with Crippen LogP contribution in [0, 0.1) is 0 Å². The Hall–Kier alpha value is -2.08. The fourth-order valence-electron chi connectivity index (χ4n) is 3.02. The van der Waals surface area contributed by atoms with Crippen molar-refractivity contribution < 1.29 is 24.2 Å². The van der Waals surface area contributed by atoms with Gasteiger partial charge in [-0.2, -0.15) is 0 Å². The van der Waals surface area contributed by atoms with Crippen LogP contribution in [0.15, 0.2) is 30.3 Å². The molecule has 3 unspecified atom stereocenters. The van der Waals surface area contributed by atoms with Crippen LogP contribution in [0.5, 0.6) is 0 Å². The molecule has 0 saturated carbocycles. The highest BCUT2D eigenvalue weighted by Gasteiger charge is 2.50. The minimum absolute atomic E-state index is 0.140. The van der Waals surface area contributed by atoms with Crippen molar-refractivity contribution in [1.29, 1.82) is 0 Å². The molecule has 2 aliphatic rings. The van der Waals surface area contributed by atoms with Crippen molar-refractivity contribution in [3.8, 4) is 0 Å². The van der Waals surface area contributed by atoms with Crippen LogP contribution < -0.4 is 0 Å². The summed E-state index contributed by atoms with van der Waals surface area (Å²) in [6.07, 6.45) is 0.231. The SMILES string of the molecule is O=C(O)C1CC2OCCC2N1C(=O)OCc1ccccc1. The van der Waals surface area contributed by atoms with Crippen molar-refractivity contribution in [2.75, 3.05) is 6.61 Å². The van der Waals surface area contributed by atoms with Gasteiger partial charge in [-0.1, -0.05) is 30.3 Å². The number of benzene rings is 1. The first-order chi connectivity index (χ1) is 10.2. The molecule has 2 aliphatic heterocycles. The van der Waals surface area contributed by atoms with E-state index in [1.54, 1.807) is 0 Å². The minimum Gasteiger partial charge on any atom is -0.480 e. The molecule has 0 radical (unpaired) electrons. The highest BCUT2D eigenvalue weighted by atomic mass is 16.6. The molecule has 2 heterocycles. The van der Waals surface area contributed by atoms with Crippen molar-refractivity contribution in [2.45, 2.75) is 37.6 Å². The van der Waals surface area contributed by atoms with E-state index in [-0.39, 0.29) is 18.8 Å². The number of nitrogens with zero attached hydrogens (tertiary/aromatic N) is 1. The average molecular weight is 291 g/mol. The van der Waals surface area contributed by atoms with Crippen LogP contribution in [0.1, 0.15) is 18.4 Å². The van der Waals surface area contributed by atoms with Crippen LogP contribution >= 0.6 is 0 Å². The molecule has 2 saturated heterocycles. The van der Waals surface area contributed by atoms with Gasteiger partial charge in [0.25, 0.3) is 0 Å². The van der Waals surface area contributed by atoms with Gasteiger partial charge in [0.15, 0.2) is 0 Å². The molecule has 1 aromatic carbocycles. The molecule has 112 valence electrons. The van der Waals surface area contributed by atoms with E-state index in [2.05, 4.69) is 0 Å². The summed E-state index contributed by atoms with van der Waals surface area (Å²) in [6, 6.07) is 8.27. The molecular formula is C15H17NO5. The first-order valence-electron chi connectivity index (χ1n) is 7.00. The van der Waals surface area contributed by atoms with Crippen molar-refractivity contribution >= 4 is 12.1 Å². The lowest BCUT2D eigenvalue weighted by molar-refractivity contribution is -0.142. The first kappa shape index (κ1) is 13.9. The fourth-order valence-corrected chi connectivity index (χ4v) is 3.02. The number of ether oxygens (including phenoxy) is 2. The molecular weight excluding hydrogens is 274 g/mol. The van der Waals surface area contributed by atoms with E-state index in [1.165, 1.54) is 4.90 Å². The summed E-state index contributed by atoms with van der Waals surface area (Å²) in [5.41, 5.74) is 0.871. The number of aliphatic carboxylic acids is 1. The van der Waals surface area contributed by atoms with E-state index in [0.29, 0.717) is 19.4 Å². The number of carboxylic acids is 1. The summed E-state index contributed by atoms with van der Waals surface area (Å²) in [5, 5.41) is 9.27. The topological polar surface area (TPSA) is 76.1 Å². The summed E-state index contributed by atoms with van der Waals surface area (Å²) in [4.78, 5) is 24.9. The molecule has 1 aromatic rings. The predicted octanol–water partition coefficient (Wildman–Crippen LogP) is 1.64. The Balaban J connectivity index is 1.68. The van der Waals surface area contributed by atoms with Gasteiger partial charge in [0, 0.05) is 13.0 Å². The minimum atomic E-state index is -1.01. The summed E-state index contributed by atoms with van der Waals surface area (Å²) >= 11 is 0. The Morgan fingerprint density at radius 3 is 2.81 bits per heavy atom. The van der Waals surface area contributed by atoms with Gasteiger partial charge in [-0.15, -0.1) is 0 Å². The van der Waals surface area contributed by atoms with Gasteiger partial charge < -0.3 is 14.6 Å². The van der Waals surface area contributed by atoms with Crippen molar-refractivity contribution in [3.63, 3.8) is 0 Å². The highest BCUT2D eigenvalue weighted by Crippen LogP contribution is 2.34. The third kappa shape index (κ3) is 2.71. The highest BCUT2D eigenvalue weighted by molar-refractivity contribution is 5.81. The second-order valence-electron chi connectivity index (χ2n) is 5.30. The van der Waals surface area contributed by atoms with Gasteiger partial charge in [0.1, 0.15) is 12.6 Å². The summed E-state index contributed by atoms with van der Waals surface area (Å²) < 4.78 is 10.8. The molecule has 1 amide bonds. The van der Waals surface area contributed by atoms with E-state index in [9.17, 15) is 14.7 Å². The maximum atomic E-state index is 12.3. The Bertz CT molecular complexity index is 532. The zero-order valence-electron chi connectivity index (χ0n) is 11.5. The first-order valence-corrected chi connectivity index (χ1v) is 7.00. The number of carboxylic acid groups (broad SMARTS) is 1. The maximum Gasteiger partial charge on any atom is 0.411 e. The monoisotopic (exact) mass is 291 g/mol. The van der Waals surface area contributed by atoms with E-state index in [4.69, 9.17) is 9.47 Å². The molecule has 2 fully saturated rings. The normalized spacial score (nSPS) is 27.4. The number of carbonyl (C=O) groups excluding carboxylic acids is 1. The van der Waals surface area contributed by atoms with Crippen LogP contribution in [0.2, 0.25) is 0 Å². The Labute approximate surface area is 122 Å². The van der Waals surface area contributed by atoms with E-state index >= 15 is 0 Å². The lowest BCUT2D eigenvalue weighted by atomic mass is 10.1. The Morgan fingerprint density at radius 1 is 1.33 bits per heavy atom. The fraction of sp³-hybridized carbons (Fsp3) is 0.467. The third-order valence-electron chi connectivity index (χ3n) is 4.02. The molecule has 1 N–H and O–H groups in total. The summed E-state index contributed by atoms with van der Waals surface area (Å²) in [5.74, 6) is -1.01. The second-order valence-corrected chi connectivity index (χ2v) is 5.30. The van der Waals surface area contributed by atoms with Crippen molar-refractivity contribution in [2.24, 2.45) is 0 Å². The molecule has 21 heavy (non-hydrogen) atoms. The van der Waals surface area contributed by atoms with E-state index in [0.717, 1.165) is 5.56 Å². The quantitative estimate of drug-likeness (QED) is 0.916. The standard InChI is InChI=1S/C15H17NO5/c17-14(18)12-8-13-11(6-7-20-13)16(12)15(19)21-9-10-4-2-1-3-5-10/h1-5,11-13H,6-9H2,(H,17,18). The number of likely N-dealkylation sites (tertiary alicyclic amines) is 1. The molecule has 0 aliphatic carbocycles. The predicted molar refractivity (Wildman–Crippen MR) is 72.7 cm³/mol. The maximum absolute atomic E-state index is 12.3. The van der Waals surface area contributed by atoms with Gasteiger partial charge in [-0.25, -0.2) is 9.59 Å².